The largest absolute Gasteiger partial charge is 0.465 e. The Labute approximate surface area is 477 Å². The number of rotatable bonds is 30. The lowest BCUT2D eigenvalue weighted by molar-refractivity contribution is -0.154. The number of carbonyl (C=O) groups is 10. The minimum Gasteiger partial charge on any atom is -0.465 e. The summed E-state index contributed by atoms with van der Waals surface area (Å²) in [5.41, 5.74) is 0.438. The molecular weight excluding hydrogens is 1060 g/mol. The van der Waals surface area contributed by atoms with Gasteiger partial charge in [-0.05, 0) is 111 Å². The fourth-order valence-electron chi connectivity index (χ4n) is 8.50. The highest BCUT2D eigenvalue weighted by Crippen LogP contribution is 2.34. The third-order valence-corrected chi connectivity index (χ3v) is 13.5. The average Bonchev–Trinajstić information content (AvgIpc) is 3.48. The van der Waals surface area contributed by atoms with Gasteiger partial charge in [0.15, 0.2) is 0 Å². The van der Waals surface area contributed by atoms with Crippen LogP contribution in [0.25, 0.3) is 0 Å². The number of benzene rings is 3. The van der Waals surface area contributed by atoms with E-state index in [4.69, 9.17) is 47.4 Å². The van der Waals surface area contributed by atoms with Gasteiger partial charge in [-0.2, -0.15) is 0 Å². The highest BCUT2D eigenvalue weighted by atomic mass is 16.6. The van der Waals surface area contributed by atoms with Crippen LogP contribution in [0, 0.1) is 34.5 Å². The van der Waals surface area contributed by atoms with E-state index in [2.05, 4.69) is 13.2 Å². The lowest BCUT2D eigenvalue weighted by atomic mass is 9.82. The first-order valence-electron chi connectivity index (χ1n) is 27.4. The van der Waals surface area contributed by atoms with Crippen molar-refractivity contribution in [2.24, 2.45) is 34.5 Å². The molecule has 20 heteroatoms. The molecule has 0 aliphatic heterocycles. The predicted molar refractivity (Wildman–Crippen MR) is 292 cm³/mol. The third-order valence-electron chi connectivity index (χ3n) is 13.5. The number of ether oxygens (including phenoxy) is 10. The van der Waals surface area contributed by atoms with Gasteiger partial charge < -0.3 is 47.4 Å². The van der Waals surface area contributed by atoms with Gasteiger partial charge in [0.25, 0.3) is 0 Å². The lowest BCUT2D eigenvalue weighted by Gasteiger charge is -2.26. The Morgan fingerprint density at radius 3 is 0.866 bits per heavy atom. The fraction of sp³-hybridized carbons (Fsp3) is 0.484. The predicted octanol–water partition coefficient (Wildman–Crippen LogP) is 8.65. The van der Waals surface area contributed by atoms with E-state index >= 15 is 0 Å². The lowest BCUT2D eigenvalue weighted by Crippen LogP contribution is -2.30. The Morgan fingerprint density at radius 1 is 0.378 bits per heavy atom. The number of esters is 10. The van der Waals surface area contributed by atoms with E-state index in [0.29, 0.717) is 75.7 Å². The van der Waals surface area contributed by atoms with Crippen molar-refractivity contribution in [1.29, 1.82) is 0 Å². The van der Waals surface area contributed by atoms with Crippen LogP contribution in [-0.4, -0.2) is 99.3 Å². The van der Waals surface area contributed by atoms with Gasteiger partial charge in [-0.15, -0.1) is 0 Å². The van der Waals surface area contributed by atoms with Gasteiger partial charge in [0, 0.05) is 35.8 Å². The van der Waals surface area contributed by atoms with Crippen molar-refractivity contribution in [2.45, 2.75) is 118 Å². The molecule has 0 atom stereocenters. The van der Waals surface area contributed by atoms with E-state index in [-0.39, 0.29) is 76.8 Å². The summed E-state index contributed by atoms with van der Waals surface area (Å²) in [7, 11) is 0. The van der Waals surface area contributed by atoms with E-state index in [9.17, 15) is 47.9 Å². The highest BCUT2D eigenvalue weighted by Gasteiger charge is 2.34. The zero-order chi connectivity index (χ0) is 59.7. The quantitative estimate of drug-likeness (QED) is 0.0261. The summed E-state index contributed by atoms with van der Waals surface area (Å²) < 4.78 is 53.5. The van der Waals surface area contributed by atoms with Gasteiger partial charge in [0.05, 0.1) is 89.0 Å². The molecule has 442 valence electrons. The van der Waals surface area contributed by atoms with Gasteiger partial charge >= 0.3 is 59.7 Å². The van der Waals surface area contributed by atoms with Crippen LogP contribution >= 0.6 is 0 Å². The molecular formula is C62H74O20. The smallest absolute Gasteiger partial charge is 0.330 e. The standard InChI is InChI=1S/C62H74O20/c1-7-51(63)75-37-61(3,4)39-77-55(67)31-29-53(65)73-35-33-41-9-21-47(22-10-41)79-57(69)43-13-17-45(18-14-43)59(71)81-49-25-27-50(28-26-49)82-60(72)46-19-15-44(16-20-46)58(70)80-48-23-11-42(12-24-48)34-36-74-54(66)30-32-56(68)78-40-62(5,6)38-76-52(64)8-2/h7-12,21-28,43-46H,1-2,13-20,29-40H2,3-6H3. The van der Waals surface area contributed by atoms with Crippen molar-refractivity contribution >= 4 is 59.7 Å². The minimum atomic E-state index is -0.617. The topological polar surface area (TPSA) is 263 Å². The second-order valence-electron chi connectivity index (χ2n) is 21.8. The molecule has 0 saturated heterocycles. The molecule has 0 spiro atoms. The maximum absolute atomic E-state index is 13.1. The number of hydrogen-bond acceptors (Lipinski definition) is 20. The van der Waals surface area contributed by atoms with Crippen LogP contribution in [0.15, 0.2) is 98.1 Å². The molecule has 3 aromatic rings. The van der Waals surface area contributed by atoms with Gasteiger partial charge in [0.2, 0.25) is 0 Å². The van der Waals surface area contributed by atoms with Gasteiger partial charge in [0.1, 0.15) is 23.0 Å². The summed E-state index contributed by atoms with van der Waals surface area (Å²) in [5, 5.41) is 0. The molecule has 20 nitrogen and oxygen atoms in total. The van der Waals surface area contributed by atoms with Crippen LogP contribution in [0.2, 0.25) is 0 Å². The Balaban J connectivity index is 0.899. The third kappa shape index (κ3) is 23.5. The molecule has 82 heavy (non-hydrogen) atoms. The fourth-order valence-corrected chi connectivity index (χ4v) is 8.50. The molecule has 2 fully saturated rings. The van der Waals surface area contributed by atoms with Crippen LogP contribution in [-0.2, 0) is 89.2 Å². The Bertz CT molecular complexity index is 2500. The first-order valence-corrected chi connectivity index (χ1v) is 27.4. The van der Waals surface area contributed by atoms with Gasteiger partial charge in [-0.3, -0.25) is 38.4 Å². The number of carbonyl (C=O) groups excluding carboxylic acids is 10. The van der Waals surface area contributed by atoms with Crippen molar-refractivity contribution in [2.75, 3.05) is 39.6 Å². The normalized spacial score (nSPS) is 16.8. The average molecular weight is 1140 g/mol. The molecule has 2 saturated carbocycles. The maximum atomic E-state index is 13.1. The Kier molecular flexibility index (Phi) is 25.5. The highest BCUT2D eigenvalue weighted by molar-refractivity contribution is 5.82. The Hall–Kier alpha value is -8.16. The van der Waals surface area contributed by atoms with Crippen LogP contribution in [0.4, 0.5) is 0 Å². The molecule has 5 rings (SSSR count). The summed E-state index contributed by atoms with van der Waals surface area (Å²) in [6.07, 6.45) is 5.75. The molecule has 0 bridgehead atoms. The summed E-state index contributed by atoms with van der Waals surface area (Å²) in [6, 6.07) is 19.8. The zero-order valence-electron chi connectivity index (χ0n) is 47.1. The first-order chi connectivity index (χ1) is 39.1. The van der Waals surface area contributed by atoms with E-state index < -0.39 is 94.2 Å². The molecule has 0 unspecified atom stereocenters. The summed E-state index contributed by atoms with van der Waals surface area (Å²) in [4.78, 5) is 123. The van der Waals surface area contributed by atoms with E-state index in [1.807, 2.05) is 0 Å². The van der Waals surface area contributed by atoms with Crippen molar-refractivity contribution in [3.63, 3.8) is 0 Å². The zero-order valence-corrected chi connectivity index (χ0v) is 47.1. The molecule has 0 radical (unpaired) electrons. The molecule has 0 amide bonds. The first kappa shape index (κ1) is 64.7. The molecule has 0 N–H and O–H groups in total. The van der Waals surface area contributed by atoms with E-state index in [1.54, 1.807) is 100 Å². The SMILES string of the molecule is C=CC(=O)OCC(C)(C)COC(=O)CCC(=O)OCCc1ccc(OC(=O)C2CCC(C(=O)Oc3ccc(OC(=O)C4CCC(C(=O)Oc5ccc(CCOC(=O)CCC(=O)OCC(C)(C)COC(=O)C=C)cc5)CC4)cc3)CC2)cc1. The number of hydrogen-bond donors (Lipinski definition) is 0. The van der Waals surface area contributed by atoms with Crippen LogP contribution in [0.3, 0.4) is 0 Å². The minimum absolute atomic E-state index is 0.000586. The summed E-state index contributed by atoms with van der Waals surface area (Å²) >= 11 is 0. The van der Waals surface area contributed by atoms with Crippen molar-refractivity contribution in [1.82, 2.24) is 0 Å². The molecule has 2 aliphatic rings. The second kappa shape index (κ2) is 32.3. The van der Waals surface area contributed by atoms with Gasteiger partial charge in [-0.25, -0.2) is 9.59 Å². The molecule has 0 heterocycles. The van der Waals surface area contributed by atoms with E-state index in [0.717, 1.165) is 23.3 Å². The van der Waals surface area contributed by atoms with Crippen molar-refractivity contribution in [3.8, 4) is 23.0 Å². The second-order valence-corrected chi connectivity index (χ2v) is 21.8. The maximum Gasteiger partial charge on any atom is 0.330 e. The van der Waals surface area contributed by atoms with Gasteiger partial charge in [-0.1, -0.05) is 65.1 Å². The summed E-state index contributed by atoms with van der Waals surface area (Å²) in [5.74, 6) is -5.40. The van der Waals surface area contributed by atoms with Crippen LogP contribution < -0.4 is 18.9 Å². The monoisotopic (exact) mass is 1140 g/mol. The molecule has 2 aliphatic carbocycles. The van der Waals surface area contributed by atoms with Crippen molar-refractivity contribution < 1.29 is 95.3 Å². The summed E-state index contributed by atoms with van der Waals surface area (Å²) in [6.45, 7) is 14.0. The van der Waals surface area contributed by atoms with E-state index in [1.165, 1.54) is 0 Å². The Morgan fingerprint density at radius 2 is 0.610 bits per heavy atom. The molecule has 3 aromatic carbocycles. The van der Waals surface area contributed by atoms with Crippen LogP contribution in [0.5, 0.6) is 23.0 Å². The molecule has 0 aromatic heterocycles. The van der Waals surface area contributed by atoms with Crippen LogP contribution in [0.1, 0.15) is 116 Å². The van der Waals surface area contributed by atoms with Crippen molar-refractivity contribution in [3.05, 3.63) is 109 Å².